The normalized spacial score (nSPS) is 12.1. The molecule has 1 aromatic heterocycles. The summed E-state index contributed by atoms with van der Waals surface area (Å²) in [6.45, 7) is 2.17. The molecule has 0 aliphatic carbocycles. The van der Waals surface area contributed by atoms with Crippen molar-refractivity contribution in [2.45, 2.75) is 24.2 Å². The summed E-state index contributed by atoms with van der Waals surface area (Å²) in [6.07, 6.45) is 0.593. The molecule has 0 spiro atoms. The first kappa shape index (κ1) is 24.3. The van der Waals surface area contributed by atoms with Crippen LogP contribution in [0.4, 0.5) is 0 Å². The van der Waals surface area contributed by atoms with Crippen molar-refractivity contribution < 1.29 is 4.79 Å². The van der Waals surface area contributed by atoms with Gasteiger partial charge in [-0.05, 0) is 55.3 Å². The van der Waals surface area contributed by atoms with Crippen LogP contribution in [0.2, 0.25) is 5.02 Å². The van der Waals surface area contributed by atoms with Crippen LogP contribution in [-0.2, 0) is 11.2 Å². The van der Waals surface area contributed by atoms with Gasteiger partial charge in [-0.1, -0.05) is 77.3 Å². The second-order valence-electron chi connectivity index (χ2n) is 7.85. The molecule has 4 rings (SSSR count). The summed E-state index contributed by atoms with van der Waals surface area (Å²) >= 11 is 18.1. The van der Waals surface area contributed by atoms with Gasteiger partial charge in [0.2, 0.25) is 0 Å². The van der Waals surface area contributed by atoms with E-state index in [1.165, 1.54) is 4.57 Å². The number of benzene rings is 3. The Labute approximate surface area is 212 Å². The van der Waals surface area contributed by atoms with Crippen molar-refractivity contribution in [1.29, 1.82) is 0 Å². The number of nitrogens with zero attached hydrogens (tertiary/aromatic N) is 3. The van der Waals surface area contributed by atoms with Crippen molar-refractivity contribution in [3.8, 4) is 5.69 Å². The van der Waals surface area contributed by atoms with Gasteiger partial charge in [-0.25, -0.2) is 4.98 Å². The van der Waals surface area contributed by atoms with Crippen LogP contribution in [-0.4, -0.2) is 31.7 Å². The van der Waals surface area contributed by atoms with Gasteiger partial charge in [-0.3, -0.25) is 14.2 Å². The van der Waals surface area contributed by atoms with Crippen LogP contribution >= 0.6 is 34.8 Å². The minimum absolute atomic E-state index is 0.237. The van der Waals surface area contributed by atoms with Crippen LogP contribution in [0.3, 0.4) is 0 Å². The molecular formula is C26H22Cl3N3O2. The number of rotatable bonds is 7. The Balaban J connectivity index is 1.84. The SMILES string of the molecule is CC(c1nc2ccccc2c(=O)n1-c1ccc(Cl)cc1)N(CCc1ccccc1)C(=O)C(Cl)Cl. The van der Waals surface area contributed by atoms with Crippen molar-refractivity contribution >= 4 is 51.6 Å². The van der Waals surface area contributed by atoms with Crippen LogP contribution in [0.25, 0.3) is 16.6 Å². The molecule has 174 valence electrons. The topological polar surface area (TPSA) is 55.2 Å². The predicted octanol–water partition coefficient (Wildman–Crippen LogP) is 5.98. The Morgan fingerprint density at radius 1 is 0.971 bits per heavy atom. The highest BCUT2D eigenvalue weighted by Crippen LogP contribution is 2.26. The maximum Gasteiger partial charge on any atom is 0.266 e. The van der Waals surface area contributed by atoms with E-state index < -0.39 is 16.8 Å². The molecule has 0 aliphatic heterocycles. The molecule has 0 radical (unpaired) electrons. The third-order valence-corrected chi connectivity index (χ3v) is 6.31. The van der Waals surface area contributed by atoms with Crippen LogP contribution < -0.4 is 5.56 Å². The van der Waals surface area contributed by atoms with Crippen LogP contribution in [0, 0.1) is 0 Å². The number of halogens is 3. The average molecular weight is 515 g/mol. The van der Waals surface area contributed by atoms with Crippen LogP contribution in [0.5, 0.6) is 0 Å². The van der Waals surface area contributed by atoms with Crippen molar-refractivity contribution in [3.05, 3.63) is 106 Å². The summed E-state index contributed by atoms with van der Waals surface area (Å²) in [5.74, 6) is -0.0433. The molecule has 0 saturated heterocycles. The molecule has 8 heteroatoms. The molecule has 4 aromatic rings. The first-order chi connectivity index (χ1) is 16.4. The van der Waals surface area contributed by atoms with Crippen molar-refractivity contribution in [3.63, 3.8) is 0 Å². The van der Waals surface area contributed by atoms with E-state index in [1.807, 2.05) is 43.3 Å². The maximum absolute atomic E-state index is 13.6. The quantitative estimate of drug-likeness (QED) is 0.285. The van der Waals surface area contributed by atoms with Crippen molar-refractivity contribution in [2.24, 2.45) is 0 Å². The highest BCUT2D eigenvalue weighted by atomic mass is 35.5. The van der Waals surface area contributed by atoms with Crippen molar-refractivity contribution in [2.75, 3.05) is 6.54 Å². The third kappa shape index (κ3) is 5.12. The number of carbonyl (C=O) groups is 1. The van der Waals surface area contributed by atoms with Gasteiger partial charge < -0.3 is 4.90 Å². The summed E-state index contributed by atoms with van der Waals surface area (Å²) in [5.41, 5.74) is 1.97. The molecule has 34 heavy (non-hydrogen) atoms. The van der Waals surface area contributed by atoms with Gasteiger partial charge >= 0.3 is 0 Å². The number of alkyl halides is 2. The molecule has 1 amide bonds. The summed E-state index contributed by atoms with van der Waals surface area (Å²) in [5, 5.41) is 1.02. The first-order valence-corrected chi connectivity index (χ1v) is 12.0. The minimum atomic E-state index is -1.24. The van der Waals surface area contributed by atoms with Crippen LogP contribution in [0.1, 0.15) is 24.4 Å². The largest absolute Gasteiger partial charge is 0.330 e. The molecule has 0 bridgehead atoms. The molecular weight excluding hydrogens is 493 g/mol. The highest BCUT2D eigenvalue weighted by molar-refractivity contribution is 6.53. The third-order valence-electron chi connectivity index (χ3n) is 5.68. The van der Waals surface area contributed by atoms with Crippen molar-refractivity contribution in [1.82, 2.24) is 14.5 Å². The number of hydrogen-bond donors (Lipinski definition) is 0. The number of carbonyl (C=O) groups excluding carboxylic acids is 1. The number of fused-ring (bicyclic) bond motifs is 1. The van der Waals surface area contributed by atoms with Gasteiger partial charge in [0.25, 0.3) is 11.5 Å². The summed E-state index contributed by atoms with van der Waals surface area (Å²) in [6, 6.07) is 23.3. The van der Waals surface area contributed by atoms with Gasteiger partial charge in [0.05, 0.1) is 22.6 Å². The fourth-order valence-electron chi connectivity index (χ4n) is 3.92. The zero-order valence-corrected chi connectivity index (χ0v) is 20.6. The fourth-order valence-corrected chi connectivity index (χ4v) is 4.30. The van der Waals surface area contributed by atoms with E-state index >= 15 is 0 Å². The first-order valence-electron chi connectivity index (χ1n) is 10.8. The molecule has 0 fully saturated rings. The molecule has 0 aliphatic rings. The summed E-state index contributed by atoms with van der Waals surface area (Å²) < 4.78 is 1.52. The highest BCUT2D eigenvalue weighted by Gasteiger charge is 2.29. The second-order valence-corrected chi connectivity index (χ2v) is 9.38. The summed E-state index contributed by atoms with van der Waals surface area (Å²) in [7, 11) is 0. The number of hydrogen-bond acceptors (Lipinski definition) is 3. The number of para-hydroxylation sites is 1. The Morgan fingerprint density at radius 2 is 1.62 bits per heavy atom. The lowest BCUT2D eigenvalue weighted by atomic mass is 10.1. The van der Waals surface area contributed by atoms with Gasteiger partial charge in [-0.15, -0.1) is 0 Å². The Bertz CT molecular complexity index is 1360. The van der Waals surface area contributed by atoms with E-state index in [0.717, 1.165) is 5.56 Å². The molecule has 1 heterocycles. The van der Waals surface area contributed by atoms with E-state index in [1.54, 1.807) is 47.4 Å². The Hall–Kier alpha value is -2.86. The van der Waals surface area contributed by atoms with Gasteiger partial charge in [-0.2, -0.15) is 0 Å². The van der Waals surface area contributed by atoms with E-state index in [0.29, 0.717) is 40.4 Å². The molecule has 3 aromatic carbocycles. The molecule has 0 N–H and O–H groups in total. The standard InChI is InChI=1S/C26H22Cl3N3O2/c1-17(31(26(34)23(28)29)16-15-18-7-3-2-4-8-18)24-30-22-10-6-5-9-21(22)25(33)32(24)20-13-11-19(27)12-14-20/h2-14,17,23H,15-16H2,1H3. The number of amides is 1. The van der Waals surface area contributed by atoms with E-state index in [9.17, 15) is 9.59 Å². The zero-order valence-electron chi connectivity index (χ0n) is 18.4. The monoisotopic (exact) mass is 513 g/mol. The predicted molar refractivity (Wildman–Crippen MR) is 138 cm³/mol. The summed E-state index contributed by atoms with van der Waals surface area (Å²) in [4.78, 5) is 31.8. The van der Waals surface area contributed by atoms with E-state index in [-0.39, 0.29) is 5.56 Å². The van der Waals surface area contributed by atoms with E-state index in [2.05, 4.69) is 0 Å². The maximum atomic E-state index is 13.6. The van der Waals surface area contributed by atoms with Gasteiger partial charge in [0.1, 0.15) is 5.82 Å². The Morgan fingerprint density at radius 3 is 2.29 bits per heavy atom. The van der Waals surface area contributed by atoms with Crippen LogP contribution in [0.15, 0.2) is 83.7 Å². The molecule has 1 atom stereocenters. The lowest BCUT2D eigenvalue weighted by molar-refractivity contribution is -0.131. The number of aromatic nitrogens is 2. The average Bonchev–Trinajstić information content (AvgIpc) is 2.85. The van der Waals surface area contributed by atoms with Gasteiger partial charge in [0.15, 0.2) is 4.84 Å². The van der Waals surface area contributed by atoms with E-state index in [4.69, 9.17) is 39.8 Å². The molecule has 0 saturated carbocycles. The lowest BCUT2D eigenvalue weighted by Gasteiger charge is -2.31. The Kier molecular flexibility index (Phi) is 7.57. The zero-order chi connectivity index (χ0) is 24.2. The molecule has 5 nitrogen and oxygen atoms in total. The minimum Gasteiger partial charge on any atom is -0.330 e. The lowest BCUT2D eigenvalue weighted by Crippen LogP contribution is -2.41. The smallest absolute Gasteiger partial charge is 0.266 e. The van der Waals surface area contributed by atoms with Gasteiger partial charge in [0, 0.05) is 11.6 Å². The second kappa shape index (κ2) is 10.6. The molecule has 1 unspecified atom stereocenters. The fraction of sp³-hybridized carbons (Fsp3) is 0.192.